The van der Waals surface area contributed by atoms with Gasteiger partial charge in [-0.15, -0.1) is 0 Å². The van der Waals surface area contributed by atoms with Gasteiger partial charge in [-0.2, -0.15) is 0 Å². The van der Waals surface area contributed by atoms with E-state index < -0.39 is 17.6 Å². The van der Waals surface area contributed by atoms with Gasteiger partial charge in [-0.1, -0.05) is 16.8 Å². The molecule has 2 N–H and O–H groups in total. The third kappa shape index (κ3) is 2.89. The van der Waals surface area contributed by atoms with Crippen molar-refractivity contribution in [2.24, 2.45) is 0 Å². The maximum absolute atomic E-state index is 11.9. The van der Waals surface area contributed by atoms with Crippen molar-refractivity contribution in [3.8, 4) is 5.75 Å². The molecule has 0 aliphatic heterocycles. The van der Waals surface area contributed by atoms with Crippen molar-refractivity contribution in [3.05, 3.63) is 40.7 Å². The van der Waals surface area contributed by atoms with Gasteiger partial charge >= 0.3 is 5.97 Å². The first-order valence-corrected chi connectivity index (χ1v) is 5.74. The molecule has 2 aromatic rings. The molecular formula is C12H9ClN2O5. The number of anilines is 1. The number of aromatic nitrogens is 1. The van der Waals surface area contributed by atoms with Crippen molar-refractivity contribution < 1.29 is 24.0 Å². The Kier molecular flexibility index (Phi) is 3.90. The van der Waals surface area contributed by atoms with E-state index in [1.54, 1.807) is 12.1 Å². The van der Waals surface area contributed by atoms with E-state index in [9.17, 15) is 9.59 Å². The molecule has 0 radical (unpaired) electrons. The molecule has 104 valence electrons. The summed E-state index contributed by atoms with van der Waals surface area (Å²) in [7, 11) is 1.48. The lowest BCUT2D eigenvalue weighted by atomic mass is 10.2. The van der Waals surface area contributed by atoms with Crippen LogP contribution in [0.4, 0.5) is 5.69 Å². The van der Waals surface area contributed by atoms with Gasteiger partial charge in [0.25, 0.3) is 5.91 Å². The number of hydrogen-bond acceptors (Lipinski definition) is 5. The second kappa shape index (κ2) is 5.62. The molecule has 0 aliphatic rings. The molecular weight excluding hydrogens is 288 g/mol. The normalized spacial score (nSPS) is 10.1. The van der Waals surface area contributed by atoms with Gasteiger partial charge in [-0.3, -0.25) is 4.79 Å². The molecule has 7 nitrogen and oxygen atoms in total. The third-order valence-corrected chi connectivity index (χ3v) is 2.70. The molecule has 1 heterocycles. The number of benzene rings is 1. The fraction of sp³-hybridized carbons (Fsp3) is 0.0833. The number of halogens is 1. The van der Waals surface area contributed by atoms with Gasteiger partial charge in [0.2, 0.25) is 5.76 Å². The van der Waals surface area contributed by atoms with Gasteiger partial charge in [0.1, 0.15) is 5.75 Å². The van der Waals surface area contributed by atoms with Gasteiger partial charge in [0.05, 0.1) is 17.8 Å². The number of aromatic carboxylic acids is 1. The monoisotopic (exact) mass is 296 g/mol. The first kappa shape index (κ1) is 13.9. The highest BCUT2D eigenvalue weighted by atomic mass is 35.5. The topological polar surface area (TPSA) is 102 Å². The molecule has 0 fully saturated rings. The fourth-order valence-electron chi connectivity index (χ4n) is 1.40. The van der Waals surface area contributed by atoms with Crippen molar-refractivity contribution in [1.29, 1.82) is 0 Å². The summed E-state index contributed by atoms with van der Waals surface area (Å²) in [6, 6.07) is 5.74. The molecule has 0 saturated carbocycles. The van der Waals surface area contributed by atoms with Crippen LogP contribution in [-0.2, 0) is 0 Å². The zero-order chi connectivity index (χ0) is 14.7. The highest BCUT2D eigenvalue weighted by Crippen LogP contribution is 2.27. The molecule has 1 amide bonds. The summed E-state index contributed by atoms with van der Waals surface area (Å²) in [5.41, 5.74) is 0.150. The first-order chi connectivity index (χ1) is 9.51. The zero-order valence-electron chi connectivity index (χ0n) is 10.2. The number of carboxylic acid groups (broad SMARTS) is 1. The maximum Gasteiger partial charge on any atom is 0.374 e. The second-order valence-corrected chi connectivity index (χ2v) is 4.09. The highest BCUT2D eigenvalue weighted by Gasteiger charge is 2.17. The number of nitrogens with one attached hydrogen (secondary N) is 1. The van der Waals surface area contributed by atoms with Gasteiger partial charge in [-0.05, 0) is 12.1 Å². The minimum absolute atomic E-state index is 0.165. The van der Waals surface area contributed by atoms with Gasteiger partial charge in [0, 0.05) is 12.1 Å². The Bertz CT molecular complexity index is 668. The summed E-state index contributed by atoms with van der Waals surface area (Å²) in [6.45, 7) is 0. The van der Waals surface area contributed by atoms with Gasteiger partial charge in [-0.25, -0.2) is 4.79 Å². The predicted octanol–water partition coefficient (Wildman–Crippen LogP) is 2.29. The number of hydrogen-bond donors (Lipinski definition) is 2. The summed E-state index contributed by atoms with van der Waals surface area (Å²) in [6.07, 6.45) is 0. The number of amides is 1. The Morgan fingerprint density at radius 3 is 2.75 bits per heavy atom. The van der Waals surface area contributed by atoms with E-state index in [0.29, 0.717) is 16.5 Å². The Morgan fingerprint density at radius 2 is 2.15 bits per heavy atom. The van der Waals surface area contributed by atoms with Crippen LogP contribution in [-0.4, -0.2) is 29.2 Å². The average Bonchev–Trinajstić information content (AvgIpc) is 2.91. The van der Waals surface area contributed by atoms with Gasteiger partial charge in [0.15, 0.2) is 5.69 Å². The summed E-state index contributed by atoms with van der Waals surface area (Å²) < 4.78 is 9.50. The number of carbonyl (C=O) groups is 2. The van der Waals surface area contributed by atoms with Crippen LogP contribution in [0.25, 0.3) is 0 Å². The summed E-state index contributed by atoms with van der Waals surface area (Å²) in [4.78, 5) is 22.5. The largest absolute Gasteiger partial charge is 0.497 e. The number of carbonyl (C=O) groups excluding carboxylic acids is 1. The molecule has 0 spiro atoms. The van der Waals surface area contributed by atoms with Gasteiger partial charge < -0.3 is 19.7 Å². The van der Waals surface area contributed by atoms with Crippen LogP contribution >= 0.6 is 11.6 Å². The lowest BCUT2D eigenvalue weighted by molar-refractivity contribution is 0.0651. The zero-order valence-corrected chi connectivity index (χ0v) is 11.0. The molecule has 0 aliphatic carbocycles. The van der Waals surface area contributed by atoms with Crippen LogP contribution in [0.5, 0.6) is 5.75 Å². The number of ether oxygens (including phenoxy) is 1. The molecule has 0 bridgehead atoms. The summed E-state index contributed by atoms with van der Waals surface area (Å²) in [5.74, 6) is -1.87. The minimum atomic E-state index is -1.31. The highest BCUT2D eigenvalue weighted by molar-refractivity contribution is 6.34. The van der Waals surface area contributed by atoms with Crippen LogP contribution in [0.15, 0.2) is 28.8 Å². The van der Waals surface area contributed by atoms with Crippen LogP contribution in [0.1, 0.15) is 21.0 Å². The van der Waals surface area contributed by atoms with E-state index in [1.807, 2.05) is 0 Å². The molecule has 2 rings (SSSR count). The molecule has 0 saturated heterocycles. The van der Waals surface area contributed by atoms with E-state index in [1.165, 1.54) is 13.2 Å². The SMILES string of the molecule is COc1ccc(Cl)c(NC(=O)c2cc(C(=O)O)on2)c1. The first-order valence-electron chi connectivity index (χ1n) is 5.36. The van der Waals surface area contributed by atoms with Crippen LogP contribution in [0.2, 0.25) is 5.02 Å². The quantitative estimate of drug-likeness (QED) is 0.897. The Morgan fingerprint density at radius 1 is 1.40 bits per heavy atom. The minimum Gasteiger partial charge on any atom is -0.497 e. The molecule has 1 aromatic heterocycles. The lowest BCUT2D eigenvalue weighted by Gasteiger charge is -2.07. The number of rotatable bonds is 4. The molecule has 20 heavy (non-hydrogen) atoms. The van der Waals surface area contributed by atoms with Crippen LogP contribution in [0.3, 0.4) is 0 Å². The van der Waals surface area contributed by atoms with Crippen LogP contribution in [0, 0.1) is 0 Å². The second-order valence-electron chi connectivity index (χ2n) is 3.68. The molecule has 0 unspecified atom stereocenters. The Labute approximate surface area is 118 Å². The molecule has 0 atom stereocenters. The number of nitrogens with zero attached hydrogens (tertiary/aromatic N) is 1. The number of carboxylic acids is 1. The number of methoxy groups -OCH3 is 1. The van der Waals surface area contributed by atoms with E-state index in [2.05, 4.69) is 15.0 Å². The van der Waals surface area contributed by atoms with E-state index >= 15 is 0 Å². The van der Waals surface area contributed by atoms with Crippen molar-refractivity contribution in [3.63, 3.8) is 0 Å². The summed E-state index contributed by atoms with van der Waals surface area (Å²) >= 11 is 5.93. The van der Waals surface area contributed by atoms with Crippen molar-refractivity contribution in [1.82, 2.24) is 5.16 Å². The fourth-order valence-corrected chi connectivity index (χ4v) is 1.56. The molecule has 1 aromatic carbocycles. The smallest absolute Gasteiger partial charge is 0.374 e. The standard InChI is InChI=1S/C12H9ClN2O5/c1-19-6-2-3-7(13)8(4-6)14-11(16)9-5-10(12(17)18)20-15-9/h2-5H,1H3,(H,14,16)(H,17,18). The van der Waals surface area contributed by atoms with Crippen molar-refractivity contribution >= 4 is 29.2 Å². The van der Waals surface area contributed by atoms with E-state index in [0.717, 1.165) is 6.07 Å². The maximum atomic E-state index is 11.9. The average molecular weight is 297 g/mol. The third-order valence-electron chi connectivity index (χ3n) is 2.38. The Balaban J connectivity index is 2.20. The van der Waals surface area contributed by atoms with E-state index in [4.69, 9.17) is 21.4 Å². The van der Waals surface area contributed by atoms with Crippen molar-refractivity contribution in [2.45, 2.75) is 0 Å². The van der Waals surface area contributed by atoms with Crippen LogP contribution < -0.4 is 10.1 Å². The Hall–Kier alpha value is -2.54. The van der Waals surface area contributed by atoms with Crippen molar-refractivity contribution in [2.75, 3.05) is 12.4 Å². The predicted molar refractivity (Wildman–Crippen MR) is 69.4 cm³/mol. The molecule has 8 heteroatoms. The summed E-state index contributed by atoms with van der Waals surface area (Å²) in [5, 5.41) is 14.8. The lowest BCUT2D eigenvalue weighted by Crippen LogP contribution is -2.12. The van der Waals surface area contributed by atoms with E-state index in [-0.39, 0.29) is 5.69 Å².